The number of amides is 1. The van der Waals surface area contributed by atoms with E-state index in [1.165, 1.54) is 0 Å². The van der Waals surface area contributed by atoms with Crippen molar-refractivity contribution in [3.63, 3.8) is 0 Å². The Labute approximate surface area is 104 Å². The average Bonchev–Trinajstić information content (AvgIpc) is 2.33. The van der Waals surface area contributed by atoms with Gasteiger partial charge in [-0.1, -0.05) is 28.1 Å². The standard InChI is InChI=1S/C13H14BrNO/c1-10-9-11(5-6-12(10)14)13(16)15-7-3-2-4-8-15/h2-3,5-6,9H,4,7-8H2,1H3. The van der Waals surface area contributed by atoms with Gasteiger partial charge in [-0.05, 0) is 37.1 Å². The van der Waals surface area contributed by atoms with Crippen molar-refractivity contribution < 1.29 is 4.79 Å². The SMILES string of the molecule is Cc1cc(C(=O)N2CC=CCC2)ccc1Br. The number of halogens is 1. The van der Waals surface area contributed by atoms with E-state index in [0.29, 0.717) is 0 Å². The first-order valence-electron chi connectivity index (χ1n) is 5.39. The Balaban J connectivity index is 2.20. The van der Waals surface area contributed by atoms with Gasteiger partial charge in [-0.2, -0.15) is 0 Å². The molecule has 0 unspecified atom stereocenters. The summed E-state index contributed by atoms with van der Waals surface area (Å²) in [5.74, 6) is 0.125. The first-order chi connectivity index (χ1) is 7.68. The highest BCUT2D eigenvalue weighted by Crippen LogP contribution is 2.18. The molecular formula is C13H14BrNO. The molecule has 16 heavy (non-hydrogen) atoms. The normalized spacial score (nSPS) is 15.2. The number of hydrogen-bond donors (Lipinski definition) is 0. The zero-order chi connectivity index (χ0) is 11.5. The molecule has 0 aromatic heterocycles. The Bertz CT molecular complexity index is 440. The third kappa shape index (κ3) is 2.35. The highest BCUT2D eigenvalue weighted by Gasteiger charge is 2.16. The Hall–Kier alpha value is -1.09. The van der Waals surface area contributed by atoms with Gasteiger partial charge in [0, 0.05) is 23.1 Å². The molecule has 0 bridgehead atoms. The van der Waals surface area contributed by atoms with Crippen LogP contribution in [0.5, 0.6) is 0 Å². The van der Waals surface area contributed by atoms with Crippen LogP contribution in [0.15, 0.2) is 34.8 Å². The van der Waals surface area contributed by atoms with Crippen molar-refractivity contribution in [3.8, 4) is 0 Å². The molecular weight excluding hydrogens is 266 g/mol. The molecule has 0 radical (unpaired) electrons. The Morgan fingerprint density at radius 3 is 2.81 bits per heavy atom. The van der Waals surface area contributed by atoms with Crippen molar-refractivity contribution in [3.05, 3.63) is 46.0 Å². The van der Waals surface area contributed by atoms with Crippen LogP contribution in [0.3, 0.4) is 0 Å². The van der Waals surface area contributed by atoms with Gasteiger partial charge in [-0.25, -0.2) is 0 Å². The summed E-state index contributed by atoms with van der Waals surface area (Å²) in [5, 5.41) is 0. The minimum Gasteiger partial charge on any atom is -0.335 e. The third-order valence-electron chi connectivity index (χ3n) is 2.75. The quantitative estimate of drug-likeness (QED) is 0.724. The molecule has 0 saturated carbocycles. The molecule has 1 aromatic rings. The summed E-state index contributed by atoms with van der Waals surface area (Å²) in [5.41, 5.74) is 1.87. The van der Waals surface area contributed by atoms with E-state index in [9.17, 15) is 4.79 Å². The second-order valence-electron chi connectivity index (χ2n) is 3.98. The summed E-state index contributed by atoms with van der Waals surface area (Å²) in [6, 6.07) is 5.74. The molecule has 0 aliphatic carbocycles. The fraction of sp³-hybridized carbons (Fsp3) is 0.308. The second-order valence-corrected chi connectivity index (χ2v) is 4.83. The van der Waals surface area contributed by atoms with Gasteiger partial charge in [0.25, 0.3) is 5.91 Å². The number of aryl methyl sites for hydroxylation is 1. The maximum absolute atomic E-state index is 12.1. The van der Waals surface area contributed by atoms with Crippen LogP contribution in [-0.2, 0) is 0 Å². The lowest BCUT2D eigenvalue weighted by atomic mass is 10.1. The Morgan fingerprint density at radius 1 is 1.38 bits per heavy atom. The first kappa shape index (κ1) is 11.4. The van der Waals surface area contributed by atoms with E-state index < -0.39 is 0 Å². The summed E-state index contributed by atoms with van der Waals surface area (Å²) in [6.07, 6.45) is 5.13. The molecule has 1 heterocycles. The molecule has 1 aromatic carbocycles. The van der Waals surface area contributed by atoms with Crippen LogP contribution in [0.25, 0.3) is 0 Å². The molecule has 3 heteroatoms. The Morgan fingerprint density at radius 2 is 2.19 bits per heavy atom. The van der Waals surface area contributed by atoms with Crippen molar-refractivity contribution in [2.45, 2.75) is 13.3 Å². The fourth-order valence-corrected chi connectivity index (χ4v) is 2.03. The van der Waals surface area contributed by atoms with Crippen LogP contribution in [0.4, 0.5) is 0 Å². The van der Waals surface area contributed by atoms with Crippen LogP contribution in [0.1, 0.15) is 22.3 Å². The van der Waals surface area contributed by atoms with E-state index in [0.717, 1.165) is 35.1 Å². The summed E-state index contributed by atoms with van der Waals surface area (Å²) < 4.78 is 1.04. The zero-order valence-electron chi connectivity index (χ0n) is 9.24. The lowest BCUT2D eigenvalue weighted by molar-refractivity contribution is 0.0771. The van der Waals surface area contributed by atoms with Crippen LogP contribution in [0.2, 0.25) is 0 Å². The molecule has 0 fully saturated rings. The van der Waals surface area contributed by atoms with E-state index in [-0.39, 0.29) is 5.91 Å². The van der Waals surface area contributed by atoms with Gasteiger partial charge < -0.3 is 4.90 Å². The van der Waals surface area contributed by atoms with Crippen molar-refractivity contribution in [2.24, 2.45) is 0 Å². The molecule has 0 saturated heterocycles. The predicted molar refractivity (Wildman–Crippen MR) is 68.5 cm³/mol. The average molecular weight is 280 g/mol. The Kier molecular flexibility index (Phi) is 3.44. The van der Waals surface area contributed by atoms with Gasteiger partial charge in [0.1, 0.15) is 0 Å². The molecule has 0 N–H and O–H groups in total. The van der Waals surface area contributed by atoms with Gasteiger partial charge in [0.05, 0.1) is 0 Å². The number of carbonyl (C=O) groups excluding carboxylic acids is 1. The van der Waals surface area contributed by atoms with Crippen LogP contribution in [0, 0.1) is 6.92 Å². The molecule has 84 valence electrons. The van der Waals surface area contributed by atoms with Crippen LogP contribution in [-0.4, -0.2) is 23.9 Å². The minimum absolute atomic E-state index is 0.125. The van der Waals surface area contributed by atoms with Crippen LogP contribution >= 0.6 is 15.9 Å². The van der Waals surface area contributed by atoms with Crippen LogP contribution < -0.4 is 0 Å². The van der Waals surface area contributed by atoms with Gasteiger partial charge >= 0.3 is 0 Å². The largest absolute Gasteiger partial charge is 0.335 e. The van der Waals surface area contributed by atoms with Crippen molar-refractivity contribution in [2.75, 3.05) is 13.1 Å². The molecule has 0 atom stereocenters. The highest BCUT2D eigenvalue weighted by atomic mass is 79.9. The second kappa shape index (κ2) is 4.83. The van der Waals surface area contributed by atoms with E-state index in [1.54, 1.807) is 0 Å². The van der Waals surface area contributed by atoms with Crippen molar-refractivity contribution >= 4 is 21.8 Å². The molecule has 1 aliphatic rings. The maximum atomic E-state index is 12.1. The number of nitrogens with zero attached hydrogens (tertiary/aromatic N) is 1. The van der Waals surface area contributed by atoms with E-state index in [2.05, 4.69) is 22.0 Å². The molecule has 2 rings (SSSR count). The number of rotatable bonds is 1. The highest BCUT2D eigenvalue weighted by molar-refractivity contribution is 9.10. The summed E-state index contributed by atoms with van der Waals surface area (Å²) in [6.45, 7) is 3.55. The topological polar surface area (TPSA) is 20.3 Å². The molecule has 2 nitrogen and oxygen atoms in total. The fourth-order valence-electron chi connectivity index (χ4n) is 1.79. The third-order valence-corrected chi connectivity index (χ3v) is 3.64. The first-order valence-corrected chi connectivity index (χ1v) is 6.18. The summed E-state index contributed by atoms with van der Waals surface area (Å²) >= 11 is 3.44. The summed E-state index contributed by atoms with van der Waals surface area (Å²) in [4.78, 5) is 14.0. The van der Waals surface area contributed by atoms with Gasteiger partial charge in [-0.15, -0.1) is 0 Å². The maximum Gasteiger partial charge on any atom is 0.254 e. The van der Waals surface area contributed by atoms with Gasteiger partial charge in [0.15, 0.2) is 0 Å². The van der Waals surface area contributed by atoms with E-state index >= 15 is 0 Å². The molecule has 0 spiro atoms. The van der Waals surface area contributed by atoms with Crippen molar-refractivity contribution in [1.82, 2.24) is 4.90 Å². The monoisotopic (exact) mass is 279 g/mol. The molecule has 1 aliphatic heterocycles. The smallest absolute Gasteiger partial charge is 0.254 e. The van der Waals surface area contributed by atoms with Gasteiger partial charge in [0.2, 0.25) is 0 Å². The minimum atomic E-state index is 0.125. The number of benzene rings is 1. The van der Waals surface area contributed by atoms with E-state index in [1.807, 2.05) is 36.1 Å². The van der Waals surface area contributed by atoms with E-state index in [4.69, 9.17) is 0 Å². The van der Waals surface area contributed by atoms with Gasteiger partial charge in [-0.3, -0.25) is 4.79 Å². The summed E-state index contributed by atoms with van der Waals surface area (Å²) in [7, 11) is 0. The van der Waals surface area contributed by atoms with Crippen molar-refractivity contribution in [1.29, 1.82) is 0 Å². The number of hydrogen-bond acceptors (Lipinski definition) is 1. The zero-order valence-corrected chi connectivity index (χ0v) is 10.8. The lowest BCUT2D eigenvalue weighted by Crippen LogP contribution is -2.33. The molecule has 1 amide bonds. The predicted octanol–water partition coefficient (Wildman–Crippen LogP) is 3.16. The lowest BCUT2D eigenvalue weighted by Gasteiger charge is -2.23. The number of carbonyl (C=O) groups is 1.